The molecule has 2 aliphatic rings. The summed E-state index contributed by atoms with van der Waals surface area (Å²) in [6, 6.07) is 16.1. The Morgan fingerprint density at radius 1 is 0.696 bits per heavy atom. The van der Waals surface area contributed by atoms with Gasteiger partial charge in [-0.3, -0.25) is 0 Å². The van der Waals surface area contributed by atoms with Gasteiger partial charge in [-0.2, -0.15) is 0 Å². The number of hydrogen-bond donors (Lipinski definition) is 2. The molecule has 3 nitrogen and oxygen atoms in total. The zero-order valence-corrected chi connectivity index (χ0v) is 14.3. The van der Waals surface area contributed by atoms with E-state index in [2.05, 4.69) is 49.5 Å². The largest absolute Gasteiger partial charge is 0.376 e. The van der Waals surface area contributed by atoms with Gasteiger partial charge in [0, 0.05) is 9.79 Å². The average molecular weight is 346 g/mol. The van der Waals surface area contributed by atoms with Crippen LogP contribution in [0, 0.1) is 0 Å². The lowest BCUT2D eigenvalue weighted by molar-refractivity contribution is 0.102. The van der Waals surface area contributed by atoms with Crippen LogP contribution in [0.2, 0.25) is 0 Å². The zero-order chi connectivity index (χ0) is 15.8. The van der Waals surface area contributed by atoms with Gasteiger partial charge in [-0.25, -0.2) is 0 Å². The van der Waals surface area contributed by atoms with Crippen molar-refractivity contribution in [3.05, 3.63) is 59.7 Å². The van der Waals surface area contributed by atoms with Crippen LogP contribution >= 0.6 is 25.3 Å². The van der Waals surface area contributed by atoms with Crippen molar-refractivity contribution in [1.82, 2.24) is 0 Å². The summed E-state index contributed by atoms with van der Waals surface area (Å²) in [5, 5.41) is 0. The lowest BCUT2D eigenvalue weighted by atomic mass is 10.1. The molecule has 0 N–H and O–H groups in total. The lowest BCUT2D eigenvalue weighted by Gasteiger charge is -2.00. The van der Waals surface area contributed by atoms with E-state index in [1.165, 1.54) is 11.1 Å². The van der Waals surface area contributed by atoms with Crippen LogP contribution in [0.4, 0.5) is 0 Å². The molecule has 0 radical (unpaired) electrons. The van der Waals surface area contributed by atoms with Gasteiger partial charge in [0.25, 0.3) is 0 Å². The van der Waals surface area contributed by atoms with E-state index < -0.39 is 0 Å². The number of benzene rings is 2. The fourth-order valence-electron chi connectivity index (χ4n) is 2.75. The summed E-state index contributed by atoms with van der Waals surface area (Å²) < 4.78 is 17.1. The standard InChI is InChI=1S/C18H18O3S2/c22-13-5-1-11(2-6-13)17-15(20-17)9-19-10-16-18(21-16)12-3-7-14(23)8-4-12/h1-8,15-18,22-23H,9-10H2. The molecule has 2 heterocycles. The van der Waals surface area contributed by atoms with Crippen molar-refractivity contribution in [3.8, 4) is 0 Å². The average Bonchev–Trinajstić information content (AvgIpc) is 3.45. The minimum atomic E-state index is 0.154. The van der Waals surface area contributed by atoms with Crippen LogP contribution in [0.25, 0.3) is 0 Å². The maximum atomic E-state index is 5.75. The number of thiol groups is 2. The Balaban J connectivity index is 1.19. The Morgan fingerprint density at radius 3 is 1.48 bits per heavy atom. The van der Waals surface area contributed by atoms with E-state index in [1.807, 2.05) is 24.3 Å². The van der Waals surface area contributed by atoms with Gasteiger partial charge in [0.05, 0.1) is 13.2 Å². The Morgan fingerprint density at radius 2 is 1.09 bits per heavy atom. The molecule has 2 aliphatic heterocycles. The molecular weight excluding hydrogens is 328 g/mol. The molecule has 2 fully saturated rings. The van der Waals surface area contributed by atoms with Gasteiger partial charge < -0.3 is 14.2 Å². The van der Waals surface area contributed by atoms with E-state index in [0.717, 1.165) is 9.79 Å². The van der Waals surface area contributed by atoms with Crippen molar-refractivity contribution in [2.75, 3.05) is 13.2 Å². The minimum Gasteiger partial charge on any atom is -0.376 e. The second-order valence-electron chi connectivity index (χ2n) is 5.91. The van der Waals surface area contributed by atoms with Crippen molar-refractivity contribution in [1.29, 1.82) is 0 Å². The summed E-state index contributed by atoms with van der Waals surface area (Å²) in [5.41, 5.74) is 2.37. The van der Waals surface area contributed by atoms with E-state index in [0.29, 0.717) is 13.2 Å². The van der Waals surface area contributed by atoms with Crippen LogP contribution in [0.1, 0.15) is 23.3 Å². The quantitative estimate of drug-likeness (QED) is 0.616. The van der Waals surface area contributed by atoms with Crippen molar-refractivity contribution in [2.24, 2.45) is 0 Å². The van der Waals surface area contributed by atoms with Gasteiger partial charge in [-0.1, -0.05) is 24.3 Å². The minimum absolute atomic E-state index is 0.154. The molecule has 0 saturated carbocycles. The van der Waals surface area contributed by atoms with Gasteiger partial charge in [0.2, 0.25) is 0 Å². The zero-order valence-electron chi connectivity index (χ0n) is 12.5. The molecule has 0 aromatic heterocycles. The van der Waals surface area contributed by atoms with E-state index >= 15 is 0 Å². The van der Waals surface area contributed by atoms with Crippen molar-refractivity contribution in [2.45, 2.75) is 34.2 Å². The summed E-state index contributed by atoms with van der Waals surface area (Å²) >= 11 is 8.58. The first-order valence-corrected chi connectivity index (χ1v) is 8.57. The van der Waals surface area contributed by atoms with E-state index in [-0.39, 0.29) is 24.4 Å². The van der Waals surface area contributed by atoms with Crippen LogP contribution in [-0.2, 0) is 14.2 Å². The molecular formula is C18H18O3S2. The molecule has 23 heavy (non-hydrogen) atoms. The van der Waals surface area contributed by atoms with Crippen LogP contribution in [0.3, 0.4) is 0 Å². The second-order valence-corrected chi connectivity index (χ2v) is 6.94. The first-order valence-electron chi connectivity index (χ1n) is 7.67. The monoisotopic (exact) mass is 346 g/mol. The molecule has 0 spiro atoms. The van der Waals surface area contributed by atoms with Gasteiger partial charge in [-0.05, 0) is 35.4 Å². The first kappa shape index (κ1) is 15.5. The Bertz CT molecular complexity index is 612. The fraction of sp³-hybridized carbons (Fsp3) is 0.333. The third kappa shape index (κ3) is 3.75. The lowest BCUT2D eigenvalue weighted by Crippen LogP contribution is -2.08. The third-order valence-electron chi connectivity index (χ3n) is 4.17. The molecule has 0 amide bonds. The topological polar surface area (TPSA) is 34.3 Å². The molecule has 4 unspecified atom stereocenters. The molecule has 2 saturated heterocycles. The van der Waals surface area contributed by atoms with Gasteiger partial charge in [0.15, 0.2) is 0 Å². The van der Waals surface area contributed by atoms with E-state index in [4.69, 9.17) is 14.2 Å². The van der Waals surface area contributed by atoms with Crippen LogP contribution in [0.5, 0.6) is 0 Å². The molecule has 2 aromatic carbocycles. The second kappa shape index (κ2) is 6.49. The van der Waals surface area contributed by atoms with Crippen molar-refractivity contribution in [3.63, 3.8) is 0 Å². The molecule has 4 rings (SSSR count). The molecule has 4 atom stereocenters. The number of epoxide rings is 2. The highest BCUT2D eigenvalue weighted by atomic mass is 32.1. The third-order valence-corrected chi connectivity index (χ3v) is 4.77. The maximum Gasteiger partial charge on any atom is 0.112 e. The van der Waals surface area contributed by atoms with Gasteiger partial charge in [0.1, 0.15) is 24.4 Å². The number of hydrogen-bond acceptors (Lipinski definition) is 5. The molecule has 2 aromatic rings. The Hall–Kier alpha value is -0.980. The Kier molecular flexibility index (Phi) is 4.39. The summed E-state index contributed by atoms with van der Waals surface area (Å²) in [7, 11) is 0. The molecule has 120 valence electrons. The molecule has 0 aliphatic carbocycles. The smallest absolute Gasteiger partial charge is 0.112 e. The van der Waals surface area contributed by atoms with Crippen LogP contribution in [-0.4, -0.2) is 25.4 Å². The highest BCUT2D eigenvalue weighted by Gasteiger charge is 2.43. The van der Waals surface area contributed by atoms with Crippen LogP contribution in [0.15, 0.2) is 58.3 Å². The normalized spacial score (nSPS) is 28.6. The maximum absolute atomic E-state index is 5.75. The van der Waals surface area contributed by atoms with Crippen LogP contribution < -0.4 is 0 Å². The summed E-state index contributed by atoms with van der Waals surface area (Å²) in [6.07, 6.45) is 0.619. The van der Waals surface area contributed by atoms with E-state index in [9.17, 15) is 0 Å². The van der Waals surface area contributed by atoms with E-state index in [1.54, 1.807) is 0 Å². The highest BCUT2D eigenvalue weighted by Crippen LogP contribution is 2.41. The summed E-state index contributed by atoms with van der Waals surface area (Å²) in [5.74, 6) is 0. The van der Waals surface area contributed by atoms with Crippen molar-refractivity contribution < 1.29 is 14.2 Å². The number of rotatable bonds is 6. The Labute approximate surface area is 146 Å². The fourth-order valence-corrected chi connectivity index (χ4v) is 3.05. The van der Waals surface area contributed by atoms with Crippen molar-refractivity contribution >= 4 is 25.3 Å². The molecule has 5 heteroatoms. The first-order chi connectivity index (χ1) is 11.2. The SMILES string of the molecule is Sc1ccc(C2OC2COCC2OC2c2ccc(S)cc2)cc1. The number of ether oxygens (including phenoxy) is 3. The summed E-state index contributed by atoms with van der Waals surface area (Å²) in [4.78, 5) is 1.93. The van der Waals surface area contributed by atoms with Gasteiger partial charge >= 0.3 is 0 Å². The summed E-state index contributed by atoms with van der Waals surface area (Å²) in [6.45, 7) is 1.21. The predicted octanol–water partition coefficient (Wildman–Crippen LogP) is 3.86. The van der Waals surface area contributed by atoms with Gasteiger partial charge in [-0.15, -0.1) is 25.3 Å². The predicted molar refractivity (Wildman–Crippen MR) is 93.4 cm³/mol. The molecule has 0 bridgehead atoms. The highest BCUT2D eigenvalue weighted by molar-refractivity contribution is 7.80.